The molecule has 0 atom stereocenters. The van der Waals surface area contributed by atoms with Gasteiger partial charge in [-0.1, -0.05) is 42.5 Å². The van der Waals surface area contributed by atoms with Crippen LogP contribution in [0.2, 0.25) is 0 Å². The van der Waals surface area contributed by atoms with Gasteiger partial charge in [0.05, 0.1) is 12.1 Å². The van der Waals surface area contributed by atoms with Gasteiger partial charge in [-0.15, -0.1) is 0 Å². The third kappa shape index (κ3) is 5.33. The topological polar surface area (TPSA) is 88.7 Å². The monoisotopic (exact) mass is 417 g/mol. The molecule has 1 heterocycles. The molecule has 31 heavy (non-hydrogen) atoms. The Morgan fingerprint density at radius 3 is 2.42 bits per heavy atom. The lowest BCUT2D eigenvalue weighted by Gasteiger charge is -2.19. The number of nitrogens with one attached hydrogen (secondary N) is 3. The predicted octanol–water partition coefficient (Wildman–Crippen LogP) is 3.44. The second kappa shape index (κ2) is 9.67. The van der Waals surface area contributed by atoms with Crippen LogP contribution in [0.15, 0.2) is 72.8 Å². The highest BCUT2D eigenvalue weighted by Crippen LogP contribution is 2.32. The van der Waals surface area contributed by atoms with Crippen molar-refractivity contribution in [3.63, 3.8) is 0 Å². The Balaban J connectivity index is 1.34. The number of hydrogen-bond donors (Lipinski definition) is 3. The average molecular weight is 417 g/mol. The molecule has 0 radical (unpaired) electrons. The first kappa shape index (κ1) is 20.3. The van der Waals surface area contributed by atoms with E-state index in [0.717, 1.165) is 5.56 Å². The first-order valence-electron chi connectivity index (χ1n) is 10.0. The van der Waals surface area contributed by atoms with Gasteiger partial charge in [-0.05, 0) is 29.8 Å². The molecule has 2 amide bonds. The van der Waals surface area contributed by atoms with E-state index in [9.17, 15) is 9.59 Å². The Kier molecular flexibility index (Phi) is 6.32. The van der Waals surface area contributed by atoms with Gasteiger partial charge in [0.1, 0.15) is 13.2 Å². The van der Waals surface area contributed by atoms with E-state index in [4.69, 9.17) is 9.47 Å². The molecule has 0 saturated heterocycles. The molecule has 0 unspecified atom stereocenters. The molecule has 0 aliphatic carbocycles. The van der Waals surface area contributed by atoms with E-state index in [2.05, 4.69) is 16.0 Å². The number of para-hydroxylation sites is 1. The summed E-state index contributed by atoms with van der Waals surface area (Å²) in [4.78, 5) is 25.0. The van der Waals surface area contributed by atoms with Gasteiger partial charge in [-0.25, -0.2) is 0 Å². The Bertz CT molecular complexity index is 1070. The fourth-order valence-corrected chi connectivity index (χ4v) is 3.21. The molecule has 3 aromatic carbocycles. The normalized spacial score (nSPS) is 12.0. The van der Waals surface area contributed by atoms with Crippen LogP contribution in [-0.4, -0.2) is 31.6 Å². The number of carbonyl (C=O) groups excluding carboxylic acids is 2. The third-order valence-electron chi connectivity index (χ3n) is 4.73. The van der Waals surface area contributed by atoms with Gasteiger partial charge in [0.25, 0.3) is 5.91 Å². The SMILES string of the molecule is O=C(CNc1ccccc1C(=O)NCc1ccccc1)Nc1ccc2c(c1)OCCO2. The number of anilines is 2. The highest BCUT2D eigenvalue weighted by molar-refractivity contribution is 6.01. The van der Waals surface area contributed by atoms with Gasteiger partial charge in [0, 0.05) is 24.0 Å². The van der Waals surface area contributed by atoms with Crippen molar-refractivity contribution in [3.8, 4) is 11.5 Å². The molecular formula is C24H23N3O4. The zero-order valence-electron chi connectivity index (χ0n) is 16.9. The Morgan fingerprint density at radius 1 is 0.839 bits per heavy atom. The second-order valence-corrected chi connectivity index (χ2v) is 6.97. The minimum atomic E-state index is -0.240. The third-order valence-corrected chi connectivity index (χ3v) is 4.73. The smallest absolute Gasteiger partial charge is 0.253 e. The average Bonchev–Trinajstić information content (AvgIpc) is 2.82. The first-order valence-corrected chi connectivity index (χ1v) is 10.0. The zero-order valence-corrected chi connectivity index (χ0v) is 16.9. The summed E-state index contributed by atoms with van der Waals surface area (Å²) in [7, 11) is 0. The molecular weight excluding hydrogens is 394 g/mol. The number of amides is 2. The predicted molar refractivity (Wildman–Crippen MR) is 119 cm³/mol. The number of ether oxygens (including phenoxy) is 2. The summed E-state index contributed by atoms with van der Waals surface area (Å²) in [5.41, 5.74) is 2.70. The Labute approximate surface area is 180 Å². The number of rotatable bonds is 7. The van der Waals surface area contributed by atoms with Gasteiger partial charge in [0.15, 0.2) is 11.5 Å². The van der Waals surface area contributed by atoms with Crippen LogP contribution in [0.4, 0.5) is 11.4 Å². The maximum absolute atomic E-state index is 12.6. The molecule has 3 aromatic rings. The lowest BCUT2D eigenvalue weighted by Crippen LogP contribution is -2.26. The van der Waals surface area contributed by atoms with E-state index in [1.165, 1.54) is 0 Å². The van der Waals surface area contributed by atoms with Gasteiger partial charge in [-0.2, -0.15) is 0 Å². The van der Waals surface area contributed by atoms with Gasteiger partial charge in [0.2, 0.25) is 5.91 Å². The van der Waals surface area contributed by atoms with Crippen LogP contribution in [0.1, 0.15) is 15.9 Å². The lowest BCUT2D eigenvalue weighted by molar-refractivity contribution is -0.114. The van der Waals surface area contributed by atoms with Crippen molar-refractivity contribution in [2.75, 3.05) is 30.4 Å². The molecule has 0 fully saturated rings. The van der Waals surface area contributed by atoms with Crippen LogP contribution in [0, 0.1) is 0 Å². The van der Waals surface area contributed by atoms with Crippen molar-refractivity contribution in [1.82, 2.24) is 5.32 Å². The highest BCUT2D eigenvalue weighted by Gasteiger charge is 2.14. The number of benzene rings is 3. The molecule has 1 aliphatic rings. The molecule has 7 nitrogen and oxygen atoms in total. The Hall–Kier alpha value is -4.00. The molecule has 7 heteroatoms. The number of fused-ring (bicyclic) bond motifs is 1. The summed E-state index contributed by atoms with van der Waals surface area (Å²) in [5.74, 6) is 0.825. The molecule has 3 N–H and O–H groups in total. The molecule has 0 saturated carbocycles. The molecule has 1 aliphatic heterocycles. The minimum Gasteiger partial charge on any atom is -0.486 e. The van der Waals surface area contributed by atoms with Crippen LogP contribution in [-0.2, 0) is 11.3 Å². The van der Waals surface area contributed by atoms with Crippen molar-refractivity contribution in [2.24, 2.45) is 0 Å². The minimum absolute atomic E-state index is 0.0113. The fourth-order valence-electron chi connectivity index (χ4n) is 3.21. The molecule has 158 valence electrons. The zero-order chi connectivity index (χ0) is 21.5. The van der Waals surface area contributed by atoms with E-state index < -0.39 is 0 Å². The summed E-state index contributed by atoms with van der Waals surface area (Å²) in [6.07, 6.45) is 0. The molecule has 0 aromatic heterocycles. The first-order chi connectivity index (χ1) is 15.2. The van der Waals surface area contributed by atoms with Gasteiger partial charge < -0.3 is 25.4 Å². The molecule has 0 spiro atoms. The fraction of sp³-hybridized carbons (Fsp3) is 0.167. The number of carbonyl (C=O) groups is 2. The quantitative estimate of drug-likeness (QED) is 0.548. The molecule has 0 bridgehead atoms. The lowest BCUT2D eigenvalue weighted by atomic mass is 10.1. The van der Waals surface area contributed by atoms with E-state index >= 15 is 0 Å². The van der Waals surface area contributed by atoms with Gasteiger partial charge in [-0.3, -0.25) is 9.59 Å². The maximum atomic E-state index is 12.6. The largest absolute Gasteiger partial charge is 0.486 e. The second-order valence-electron chi connectivity index (χ2n) is 6.97. The van der Waals surface area contributed by atoms with E-state index in [-0.39, 0.29) is 18.4 Å². The van der Waals surface area contributed by atoms with Crippen LogP contribution >= 0.6 is 0 Å². The summed E-state index contributed by atoms with van der Waals surface area (Å²) in [6, 6.07) is 22.1. The number of hydrogen-bond acceptors (Lipinski definition) is 5. The summed E-state index contributed by atoms with van der Waals surface area (Å²) in [6.45, 7) is 1.44. The Morgan fingerprint density at radius 2 is 1.58 bits per heavy atom. The van der Waals surface area contributed by atoms with E-state index in [1.807, 2.05) is 36.4 Å². The van der Waals surface area contributed by atoms with Crippen molar-refractivity contribution < 1.29 is 19.1 Å². The summed E-state index contributed by atoms with van der Waals surface area (Å²) in [5, 5.41) is 8.77. The van der Waals surface area contributed by atoms with Crippen molar-refractivity contribution in [2.45, 2.75) is 6.54 Å². The molecule has 4 rings (SSSR count). The maximum Gasteiger partial charge on any atom is 0.253 e. The van der Waals surface area contributed by atoms with Crippen molar-refractivity contribution >= 4 is 23.2 Å². The summed E-state index contributed by atoms with van der Waals surface area (Å²) < 4.78 is 11.0. The highest BCUT2D eigenvalue weighted by atomic mass is 16.6. The standard InChI is InChI=1S/C24H23N3O4/c28-23(27-18-10-11-21-22(14-18)31-13-12-30-21)16-25-20-9-5-4-8-19(20)24(29)26-15-17-6-2-1-3-7-17/h1-11,14,25H,12-13,15-16H2,(H,26,29)(H,27,28). The van der Waals surface area contributed by atoms with E-state index in [1.54, 1.807) is 36.4 Å². The summed E-state index contributed by atoms with van der Waals surface area (Å²) >= 11 is 0. The van der Waals surface area contributed by atoms with Crippen LogP contribution in [0.3, 0.4) is 0 Å². The van der Waals surface area contributed by atoms with Crippen LogP contribution in [0.25, 0.3) is 0 Å². The van der Waals surface area contributed by atoms with Crippen LogP contribution in [0.5, 0.6) is 11.5 Å². The van der Waals surface area contributed by atoms with E-state index in [0.29, 0.717) is 48.2 Å². The van der Waals surface area contributed by atoms with Crippen molar-refractivity contribution in [1.29, 1.82) is 0 Å². The van der Waals surface area contributed by atoms with Crippen molar-refractivity contribution in [3.05, 3.63) is 83.9 Å². The van der Waals surface area contributed by atoms with Gasteiger partial charge >= 0.3 is 0 Å². The van der Waals surface area contributed by atoms with Crippen LogP contribution < -0.4 is 25.4 Å².